The Morgan fingerprint density at radius 1 is 1.55 bits per heavy atom. The molecule has 1 saturated carbocycles. The van der Waals surface area contributed by atoms with Crippen molar-refractivity contribution >= 4 is 17.7 Å². The molecule has 1 heterocycles. The van der Waals surface area contributed by atoms with E-state index in [-0.39, 0.29) is 11.9 Å². The molecule has 0 radical (unpaired) electrons. The van der Waals surface area contributed by atoms with Gasteiger partial charge >= 0.3 is 0 Å². The predicted molar refractivity (Wildman–Crippen MR) is 82.6 cm³/mol. The molecule has 2 unspecified atom stereocenters. The summed E-state index contributed by atoms with van der Waals surface area (Å²) in [4.78, 5) is 16.2. The zero-order valence-electron chi connectivity index (χ0n) is 11.6. The van der Waals surface area contributed by atoms with E-state index in [0.717, 1.165) is 18.4 Å². The second kappa shape index (κ2) is 7.32. The van der Waals surface area contributed by atoms with Crippen LogP contribution in [-0.2, 0) is 0 Å². The molecule has 0 spiro atoms. The molecule has 1 aliphatic rings. The Morgan fingerprint density at radius 2 is 2.40 bits per heavy atom. The SMILES string of the molecule is CSC1CCC(NC(=O)c2cncc(C#CCN)c2)C1. The fourth-order valence-electron chi connectivity index (χ4n) is 2.34. The molecule has 5 heteroatoms. The second-order valence-corrected chi connectivity index (χ2v) is 5.95. The number of amides is 1. The summed E-state index contributed by atoms with van der Waals surface area (Å²) in [6.45, 7) is 0.300. The van der Waals surface area contributed by atoms with Gasteiger partial charge in [-0.1, -0.05) is 11.8 Å². The van der Waals surface area contributed by atoms with Gasteiger partial charge in [-0.15, -0.1) is 0 Å². The van der Waals surface area contributed by atoms with Crippen molar-refractivity contribution < 1.29 is 4.79 Å². The number of carbonyl (C=O) groups is 1. The maximum Gasteiger partial charge on any atom is 0.253 e. The quantitative estimate of drug-likeness (QED) is 0.826. The molecular formula is C15H19N3OS. The normalized spacial score (nSPS) is 21.1. The van der Waals surface area contributed by atoms with E-state index < -0.39 is 0 Å². The first kappa shape index (κ1) is 14.9. The number of thioether (sulfide) groups is 1. The van der Waals surface area contributed by atoms with Crippen LogP contribution in [0.25, 0.3) is 0 Å². The molecule has 2 rings (SSSR count). The van der Waals surface area contributed by atoms with Crippen LogP contribution in [0.5, 0.6) is 0 Å². The van der Waals surface area contributed by atoms with Crippen molar-refractivity contribution in [2.45, 2.75) is 30.6 Å². The summed E-state index contributed by atoms with van der Waals surface area (Å²) < 4.78 is 0. The van der Waals surface area contributed by atoms with E-state index in [2.05, 4.69) is 28.4 Å². The Morgan fingerprint density at radius 3 is 3.10 bits per heavy atom. The number of rotatable bonds is 3. The molecule has 1 aromatic rings. The number of nitrogens with zero attached hydrogens (tertiary/aromatic N) is 1. The van der Waals surface area contributed by atoms with Crippen molar-refractivity contribution in [3.05, 3.63) is 29.6 Å². The Hall–Kier alpha value is -1.51. The van der Waals surface area contributed by atoms with Crippen molar-refractivity contribution in [2.24, 2.45) is 5.73 Å². The summed E-state index contributed by atoms with van der Waals surface area (Å²) in [5.41, 5.74) is 6.61. The largest absolute Gasteiger partial charge is 0.349 e. The van der Waals surface area contributed by atoms with Gasteiger partial charge in [0, 0.05) is 29.2 Å². The zero-order valence-corrected chi connectivity index (χ0v) is 12.4. The molecule has 3 N–H and O–H groups in total. The summed E-state index contributed by atoms with van der Waals surface area (Å²) >= 11 is 1.88. The van der Waals surface area contributed by atoms with Crippen LogP contribution in [0, 0.1) is 11.8 Å². The monoisotopic (exact) mass is 289 g/mol. The first-order valence-electron chi connectivity index (χ1n) is 6.70. The van der Waals surface area contributed by atoms with Gasteiger partial charge in [-0.05, 0) is 31.6 Å². The number of carbonyl (C=O) groups excluding carboxylic acids is 1. The first-order chi connectivity index (χ1) is 9.72. The summed E-state index contributed by atoms with van der Waals surface area (Å²) in [5.74, 6) is 5.58. The standard InChI is InChI=1S/C15H19N3OS/c1-20-14-5-4-13(8-14)18-15(19)12-7-11(3-2-6-16)9-17-10-12/h7,9-10,13-14H,4-6,8,16H2,1H3,(H,18,19). The maximum atomic E-state index is 12.2. The lowest BCUT2D eigenvalue weighted by atomic mass is 10.1. The zero-order chi connectivity index (χ0) is 14.4. The van der Waals surface area contributed by atoms with Crippen LogP contribution >= 0.6 is 11.8 Å². The number of hydrogen-bond acceptors (Lipinski definition) is 4. The van der Waals surface area contributed by atoms with Gasteiger partial charge in [-0.2, -0.15) is 11.8 Å². The third-order valence-electron chi connectivity index (χ3n) is 3.39. The van der Waals surface area contributed by atoms with E-state index >= 15 is 0 Å². The van der Waals surface area contributed by atoms with Crippen LogP contribution in [0.3, 0.4) is 0 Å². The van der Waals surface area contributed by atoms with Crippen molar-refractivity contribution in [3.63, 3.8) is 0 Å². The van der Waals surface area contributed by atoms with E-state index in [1.807, 2.05) is 11.8 Å². The number of nitrogens with one attached hydrogen (secondary N) is 1. The highest BCUT2D eigenvalue weighted by molar-refractivity contribution is 7.99. The number of pyridine rings is 1. The molecule has 1 aromatic heterocycles. The third kappa shape index (κ3) is 3.99. The fraction of sp³-hybridized carbons (Fsp3) is 0.467. The van der Waals surface area contributed by atoms with Crippen molar-refractivity contribution in [2.75, 3.05) is 12.8 Å². The highest BCUT2D eigenvalue weighted by Gasteiger charge is 2.25. The minimum absolute atomic E-state index is 0.0688. The Balaban J connectivity index is 1.99. The molecule has 106 valence electrons. The van der Waals surface area contributed by atoms with Crippen LogP contribution < -0.4 is 11.1 Å². The lowest BCUT2D eigenvalue weighted by Gasteiger charge is -2.12. The molecule has 4 nitrogen and oxygen atoms in total. The minimum Gasteiger partial charge on any atom is -0.349 e. The Bertz CT molecular complexity index is 535. The molecule has 1 aliphatic carbocycles. The van der Waals surface area contributed by atoms with Crippen LogP contribution in [0.15, 0.2) is 18.5 Å². The van der Waals surface area contributed by atoms with E-state index in [9.17, 15) is 4.79 Å². The Kier molecular flexibility index (Phi) is 5.45. The van der Waals surface area contributed by atoms with Crippen molar-refractivity contribution in [1.82, 2.24) is 10.3 Å². The van der Waals surface area contributed by atoms with Gasteiger partial charge < -0.3 is 11.1 Å². The summed E-state index contributed by atoms with van der Waals surface area (Å²) in [5, 5.41) is 3.74. The minimum atomic E-state index is -0.0688. The fourth-order valence-corrected chi connectivity index (χ4v) is 3.14. The van der Waals surface area contributed by atoms with E-state index in [0.29, 0.717) is 17.4 Å². The van der Waals surface area contributed by atoms with Crippen LogP contribution in [0.2, 0.25) is 0 Å². The molecule has 1 amide bonds. The summed E-state index contributed by atoms with van der Waals surface area (Å²) in [7, 11) is 0. The number of nitrogens with two attached hydrogens (primary N) is 1. The van der Waals surface area contributed by atoms with E-state index in [4.69, 9.17) is 5.73 Å². The van der Waals surface area contributed by atoms with Gasteiger partial charge in [0.15, 0.2) is 0 Å². The predicted octanol–water partition coefficient (Wildman–Crippen LogP) is 1.41. The van der Waals surface area contributed by atoms with Gasteiger partial charge in [0.2, 0.25) is 0 Å². The molecule has 0 aliphatic heterocycles. The van der Waals surface area contributed by atoms with Crippen LogP contribution in [-0.4, -0.2) is 35.0 Å². The number of aromatic nitrogens is 1. The smallest absolute Gasteiger partial charge is 0.253 e. The van der Waals surface area contributed by atoms with Gasteiger partial charge in [0.1, 0.15) is 0 Å². The Labute approximate surface area is 123 Å². The maximum absolute atomic E-state index is 12.2. The molecule has 0 bridgehead atoms. The molecule has 1 fully saturated rings. The highest BCUT2D eigenvalue weighted by Crippen LogP contribution is 2.28. The summed E-state index contributed by atoms with van der Waals surface area (Å²) in [6, 6.07) is 2.03. The van der Waals surface area contributed by atoms with Crippen LogP contribution in [0.1, 0.15) is 35.2 Å². The average Bonchev–Trinajstić information content (AvgIpc) is 2.93. The lowest BCUT2D eigenvalue weighted by Crippen LogP contribution is -2.33. The molecule has 0 aromatic carbocycles. The molecule has 2 atom stereocenters. The lowest BCUT2D eigenvalue weighted by molar-refractivity contribution is 0.0937. The topological polar surface area (TPSA) is 68.0 Å². The van der Waals surface area contributed by atoms with Gasteiger partial charge in [0.25, 0.3) is 5.91 Å². The van der Waals surface area contributed by atoms with Gasteiger partial charge in [0.05, 0.1) is 12.1 Å². The number of hydrogen-bond donors (Lipinski definition) is 2. The molecular weight excluding hydrogens is 270 g/mol. The van der Waals surface area contributed by atoms with E-state index in [1.165, 1.54) is 6.42 Å². The first-order valence-corrected chi connectivity index (χ1v) is 7.99. The summed E-state index contributed by atoms with van der Waals surface area (Å²) in [6.07, 6.45) is 8.61. The van der Waals surface area contributed by atoms with Crippen molar-refractivity contribution in [1.29, 1.82) is 0 Å². The third-order valence-corrected chi connectivity index (χ3v) is 4.48. The molecule has 20 heavy (non-hydrogen) atoms. The average molecular weight is 289 g/mol. The van der Waals surface area contributed by atoms with E-state index in [1.54, 1.807) is 18.5 Å². The van der Waals surface area contributed by atoms with Gasteiger partial charge in [-0.25, -0.2) is 0 Å². The van der Waals surface area contributed by atoms with Crippen molar-refractivity contribution in [3.8, 4) is 11.8 Å². The van der Waals surface area contributed by atoms with Gasteiger partial charge in [-0.3, -0.25) is 9.78 Å². The highest BCUT2D eigenvalue weighted by atomic mass is 32.2. The van der Waals surface area contributed by atoms with Crippen LogP contribution in [0.4, 0.5) is 0 Å². The second-order valence-electron chi connectivity index (χ2n) is 4.81. The molecule has 0 saturated heterocycles.